The van der Waals surface area contributed by atoms with Gasteiger partial charge in [0.15, 0.2) is 0 Å². The van der Waals surface area contributed by atoms with Crippen molar-refractivity contribution in [3.05, 3.63) is 65.2 Å². The van der Waals surface area contributed by atoms with Gasteiger partial charge in [0.2, 0.25) is 0 Å². The van der Waals surface area contributed by atoms with Crippen molar-refractivity contribution < 1.29 is 24.9 Å². The maximum Gasteiger partial charge on any atom is 0.329 e. The monoisotopic (exact) mass is 329 g/mol. The van der Waals surface area contributed by atoms with E-state index in [0.29, 0.717) is 16.7 Å². The Morgan fingerprint density at radius 3 is 2.04 bits per heavy atom. The van der Waals surface area contributed by atoms with Crippen LogP contribution in [0.3, 0.4) is 0 Å². The quantitative estimate of drug-likeness (QED) is 0.645. The Morgan fingerprint density at radius 1 is 1.00 bits per heavy atom. The van der Waals surface area contributed by atoms with Crippen LogP contribution >= 0.6 is 0 Å². The minimum Gasteiger partial charge on any atom is -0.508 e. The molecular weight excluding hydrogens is 310 g/mol. The number of aromatic hydroxyl groups is 1. The first-order valence-electron chi connectivity index (χ1n) is 7.38. The topological polar surface area (TPSA) is 107 Å². The van der Waals surface area contributed by atoms with Gasteiger partial charge in [0, 0.05) is 12.0 Å². The maximum atomic E-state index is 12.3. The van der Waals surface area contributed by atoms with E-state index in [1.54, 1.807) is 24.3 Å². The number of hydrogen-bond acceptors (Lipinski definition) is 4. The van der Waals surface area contributed by atoms with Gasteiger partial charge in [-0.1, -0.05) is 24.3 Å². The molecule has 1 unspecified atom stereocenters. The summed E-state index contributed by atoms with van der Waals surface area (Å²) in [5.74, 6) is -1.58. The summed E-state index contributed by atoms with van der Waals surface area (Å²) in [5, 5.41) is 30.4. The number of aliphatic hydroxyl groups excluding tert-OH is 1. The summed E-state index contributed by atoms with van der Waals surface area (Å²) < 4.78 is 0. The van der Waals surface area contributed by atoms with Gasteiger partial charge in [-0.3, -0.25) is 4.79 Å². The molecule has 6 heteroatoms. The number of nitrogens with one attached hydrogen (secondary N) is 1. The molecule has 0 aliphatic heterocycles. The molecule has 0 spiro atoms. The Kier molecular flexibility index (Phi) is 5.21. The lowest BCUT2D eigenvalue weighted by Gasteiger charge is -2.26. The standard InChI is InChI=1S/C18H19NO5/c1-18(17(23)24,10-12-4-8-15(21)9-5-12)19-16(22)14-6-2-13(11-20)3-7-14/h2-9,20-21H,10-11H2,1H3,(H,19,22)(H,23,24). The van der Waals surface area contributed by atoms with Gasteiger partial charge in [-0.05, 0) is 42.3 Å². The van der Waals surface area contributed by atoms with Gasteiger partial charge in [-0.25, -0.2) is 4.79 Å². The van der Waals surface area contributed by atoms with Crippen molar-refractivity contribution in [2.24, 2.45) is 0 Å². The van der Waals surface area contributed by atoms with Crippen LogP contribution < -0.4 is 5.32 Å². The van der Waals surface area contributed by atoms with E-state index in [-0.39, 0.29) is 18.8 Å². The third-order valence-corrected chi connectivity index (χ3v) is 3.75. The van der Waals surface area contributed by atoms with Crippen LogP contribution in [0.15, 0.2) is 48.5 Å². The Balaban J connectivity index is 2.18. The highest BCUT2D eigenvalue weighted by atomic mass is 16.4. The van der Waals surface area contributed by atoms with Gasteiger partial charge < -0.3 is 20.6 Å². The molecule has 0 aromatic heterocycles. The maximum absolute atomic E-state index is 12.3. The predicted molar refractivity (Wildman–Crippen MR) is 87.7 cm³/mol. The Bertz CT molecular complexity index is 724. The van der Waals surface area contributed by atoms with E-state index in [1.807, 2.05) is 0 Å². The average molecular weight is 329 g/mol. The minimum atomic E-state index is -1.50. The lowest BCUT2D eigenvalue weighted by molar-refractivity contribution is -0.143. The number of amides is 1. The van der Waals surface area contributed by atoms with Gasteiger partial charge in [-0.2, -0.15) is 0 Å². The normalized spacial score (nSPS) is 13.1. The van der Waals surface area contributed by atoms with Gasteiger partial charge in [0.25, 0.3) is 5.91 Å². The average Bonchev–Trinajstić information content (AvgIpc) is 2.57. The van der Waals surface area contributed by atoms with Crippen LogP contribution in [0.5, 0.6) is 5.75 Å². The van der Waals surface area contributed by atoms with Crippen molar-refractivity contribution in [3.8, 4) is 5.75 Å². The molecule has 6 nitrogen and oxygen atoms in total. The number of carboxylic acid groups (broad SMARTS) is 1. The molecule has 0 aliphatic rings. The molecule has 1 atom stereocenters. The van der Waals surface area contributed by atoms with Crippen LogP contribution in [-0.4, -0.2) is 32.7 Å². The highest BCUT2D eigenvalue weighted by Crippen LogP contribution is 2.18. The molecule has 0 fully saturated rings. The Hall–Kier alpha value is -2.86. The fourth-order valence-corrected chi connectivity index (χ4v) is 2.28. The Labute approximate surface area is 139 Å². The number of hydrogen-bond donors (Lipinski definition) is 4. The highest BCUT2D eigenvalue weighted by molar-refractivity contribution is 5.97. The number of benzene rings is 2. The van der Waals surface area contributed by atoms with E-state index in [1.165, 1.54) is 31.2 Å². The summed E-state index contributed by atoms with van der Waals surface area (Å²) in [7, 11) is 0. The molecule has 0 heterocycles. The number of carbonyl (C=O) groups is 2. The number of aliphatic carboxylic acids is 1. The zero-order valence-electron chi connectivity index (χ0n) is 13.2. The first-order valence-corrected chi connectivity index (χ1v) is 7.38. The number of aliphatic hydroxyl groups is 1. The lowest BCUT2D eigenvalue weighted by atomic mass is 9.92. The summed E-state index contributed by atoms with van der Waals surface area (Å²) in [5.41, 5.74) is 0.152. The van der Waals surface area contributed by atoms with Crippen molar-refractivity contribution in [1.29, 1.82) is 0 Å². The summed E-state index contributed by atoms with van der Waals surface area (Å²) in [6.07, 6.45) is 0.0725. The van der Waals surface area contributed by atoms with E-state index in [0.717, 1.165) is 0 Å². The molecule has 0 saturated carbocycles. The van der Waals surface area contributed by atoms with Crippen molar-refractivity contribution in [2.75, 3.05) is 0 Å². The van der Waals surface area contributed by atoms with Gasteiger partial charge in [0.05, 0.1) is 6.61 Å². The van der Waals surface area contributed by atoms with E-state index in [2.05, 4.69) is 5.32 Å². The van der Waals surface area contributed by atoms with Crippen LogP contribution in [-0.2, 0) is 17.8 Å². The van der Waals surface area contributed by atoms with Gasteiger partial charge >= 0.3 is 5.97 Å². The fraction of sp³-hybridized carbons (Fsp3) is 0.222. The third kappa shape index (κ3) is 4.11. The SMILES string of the molecule is CC(Cc1ccc(O)cc1)(NC(=O)c1ccc(CO)cc1)C(=O)O. The molecule has 2 aromatic rings. The van der Waals surface area contributed by atoms with Crippen molar-refractivity contribution >= 4 is 11.9 Å². The molecule has 0 saturated heterocycles. The third-order valence-electron chi connectivity index (χ3n) is 3.75. The molecule has 0 radical (unpaired) electrons. The second-order valence-electron chi connectivity index (χ2n) is 5.79. The number of carbonyl (C=O) groups excluding carboxylic acids is 1. The number of carboxylic acids is 1. The molecular formula is C18H19NO5. The first kappa shape index (κ1) is 17.5. The highest BCUT2D eigenvalue weighted by Gasteiger charge is 2.35. The zero-order valence-corrected chi connectivity index (χ0v) is 13.2. The van der Waals surface area contributed by atoms with Crippen LogP contribution in [0, 0.1) is 0 Å². The number of rotatable bonds is 6. The minimum absolute atomic E-state index is 0.0725. The fourth-order valence-electron chi connectivity index (χ4n) is 2.28. The summed E-state index contributed by atoms with van der Waals surface area (Å²) in [4.78, 5) is 24.0. The molecule has 4 N–H and O–H groups in total. The zero-order chi connectivity index (χ0) is 17.7. The largest absolute Gasteiger partial charge is 0.508 e. The summed E-state index contributed by atoms with van der Waals surface area (Å²) >= 11 is 0. The molecule has 2 aromatic carbocycles. The molecule has 0 bridgehead atoms. The molecule has 2 rings (SSSR count). The number of phenols is 1. The number of phenolic OH excluding ortho intramolecular Hbond substituents is 1. The summed E-state index contributed by atoms with van der Waals surface area (Å²) in [6, 6.07) is 12.4. The molecule has 126 valence electrons. The van der Waals surface area contributed by atoms with Crippen molar-refractivity contribution in [1.82, 2.24) is 5.32 Å². The van der Waals surface area contributed by atoms with E-state index in [9.17, 15) is 19.8 Å². The molecule has 24 heavy (non-hydrogen) atoms. The predicted octanol–water partition coefficient (Wildman–Crippen LogP) is 1.70. The van der Waals surface area contributed by atoms with Crippen molar-refractivity contribution in [2.45, 2.75) is 25.5 Å². The van der Waals surface area contributed by atoms with Crippen LogP contribution in [0.4, 0.5) is 0 Å². The van der Waals surface area contributed by atoms with E-state index in [4.69, 9.17) is 5.11 Å². The molecule has 1 amide bonds. The second kappa shape index (κ2) is 7.14. The van der Waals surface area contributed by atoms with E-state index < -0.39 is 17.4 Å². The summed E-state index contributed by atoms with van der Waals surface area (Å²) in [6.45, 7) is 1.30. The van der Waals surface area contributed by atoms with Crippen molar-refractivity contribution in [3.63, 3.8) is 0 Å². The van der Waals surface area contributed by atoms with Gasteiger partial charge in [-0.15, -0.1) is 0 Å². The smallest absolute Gasteiger partial charge is 0.329 e. The van der Waals surface area contributed by atoms with Crippen LogP contribution in [0.25, 0.3) is 0 Å². The Morgan fingerprint density at radius 2 is 1.54 bits per heavy atom. The molecule has 0 aliphatic carbocycles. The van der Waals surface area contributed by atoms with E-state index >= 15 is 0 Å². The second-order valence-corrected chi connectivity index (χ2v) is 5.79. The van der Waals surface area contributed by atoms with Crippen LogP contribution in [0.1, 0.15) is 28.4 Å². The van der Waals surface area contributed by atoms with Crippen LogP contribution in [0.2, 0.25) is 0 Å². The van der Waals surface area contributed by atoms with Gasteiger partial charge in [0.1, 0.15) is 11.3 Å². The first-order chi connectivity index (χ1) is 11.3. The lowest BCUT2D eigenvalue weighted by Crippen LogP contribution is -2.53.